The number of hydrogen-bond acceptors (Lipinski definition) is 9. The summed E-state index contributed by atoms with van der Waals surface area (Å²) < 4.78 is 45.7. The van der Waals surface area contributed by atoms with Crippen molar-refractivity contribution in [3.05, 3.63) is 114 Å². The lowest BCUT2D eigenvalue weighted by Gasteiger charge is -2.33. The predicted octanol–water partition coefficient (Wildman–Crippen LogP) is 11.2. The highest BCUT2D eigenvalue weighted by molar-refractivity contribution is 7.92. The number of aromatic nitrogens is 2. The molecular weight excluding hydrogens is 737 g/mol. The molecule has 5 aromatic carbocycles. The average molecular weight is 787 g/mol. The topological polar surface area (TPSA) is 129 Å². The van der Waals surface area contributed by atoms with Crippen molar-refractivity contribution < 1.29 is 27.4 Å². The van der Waals surface area contributed by atoms with Gasteiger partial charge < -0.3 is 19.5 Å². The van der Waals surface area contributed by atoms with E-state index >= 15 is 0 Å². The number of para-hydroxylation sites is 1. The largest absolute Gasteiger partial charge is 0.493 e. The van der Waals surface area contributed by atoms with Gasteiger partial charge in [-0.2, -0.15) is 0 Å². The Bertz CT molecular complexity index is 2560. The Morgan fingerprint density at radius 3 is 1.91 bits per heavy atom. The third kappa shape index (κ3) is 8.58. The maximum Gasteiger partial charge on any atom is 0.229 e. The van der Waals surface area contributed by atoms with Gasteiger partial charge in [0.25, 0.3) is 0 Å². The van der Waals surface area contributed by atoms with E-state index in [1.165, 1.54) is 25.8 Å². The third-order valence-corrected chi connectivity index (χ3v) is 10.1. The van der Waals surface area contributed by atoms with Crippen molar-refractivity contribution in [2.45, 2.75) is 60.3 Å². The molecule has 0 spiro atoms. The van der Waals surface area contributed by atoms with Crippen LogP contribution in [0.5, 0.6) is 23.0 Å². The second kappa shape index (κ2) is 15.9. The normalized spacial score (nSPS) is 12.3. The summed E-state index contributed by atoms with van der Waals surface area (Å²) in [4.78, 5) is 24.6. The highest BCUT2D eigenvalue weighted by atomic mass is 32.2. The molecule has 1 aromatic heterocycles. The van der Waals surface area contributed by atoms with Gasteiger partial charge in [0.2, 0.25) is 10.0 Å². The van der Waals surface area contributed by atoms with Gasteiger partial charge in [0.1, 0.15) is 11.3 Å². The van der Waals surface area contributed by atoms with Crippen LogP contribution in [-0.4, -0.2) is 44.6 Å². The fourth-order valence-electron chi connectivity index (χ4n) is 7.59. The molecule has 1 aliphatic carbocycles. The van der Waals surface area contributed by atoms with Gasteiger partial charge in [0, 0.05) is 39.9 Å². The minimum atomic E-state index is -3.75. The van der Waals surface area contributed by atoms with Crippen molar-refractivity contribution in [2.75, 3.05) is 30.5 Å². The number of anilines is 3. The molecule has 1 heterocycles. The van der Waals surface area contributed by atoms with Gasteiger partial charge in [-0.15, -0.1) is 0 Å². The molecule has 1 aliphatic rings. The number of rotatable bonds is 11. The number of carbonyl (C=O) groups excluding carboxylic acids is 1. The SMILES string of the molecule is CC.COc1cc(NS(C)(=O)=O)c(-c2nc3c4c(c(Nc5ccccc5)cc(Oc5ccc(C(C)(C)CC(C)(C)C)cc5)c4n2)C(=O)c2ccccc2-3)cc1OC. The maximum absolute atomic E-state index is 14.5. The molecule has 57 heavy (non-hydrogen) atoms. The number of nitrogens with zero attached hydrogens (tertiary/aromatic N) is 2. The van der Waals surface area contributed by atoms with Crippen LogP contribution < -0.4 is 24.2 Å². The van der Waals surface area contributed by atoms with E-state index in [1.54, 1.807) is 18.2 Å². The average Bonchev–Trinajstić information content (AvgIpc) is 3.17. The molecule has 0 saturated carbocycles. The number of carbonyl (C=O) groups is 1. The van der Waals surface area contributed by atoms with E-state index in [9.17, 15) is 13.2 Å². The van der Waals surface area contributed by atoms with Crippen LogP contribution in [0.3, 0.4) is 0 Å². The van der Waals surface area contributed by atoms with Crippen LogP contribution in [-0.2, 0) is 15.4 Å². The van der Waals surface area contributed by atoms with Gasteiger partial charge in [-0.1, -0.05) is 103 Å². The quantitative estimate of drug-likeness (QED) is 0.132. The van der Waals surface area contributed by atoms with Crippen LogP contribution in [0.1, 0.15) is 76.4 Å². The smallest absolute Gasteiger partial charge is 0.229 e. The molecule has 11 heteroatoms. The van der Waals surface area contributed by atoms with Gasteiger partial charge in [0.05, 0.1) is 43.1 Å². The summed E-state index contributed by atoms with van der Waals surface area (Å²) in [6, 6.07) is 29.9. The highest BCUT2D eigenvalue weighted by Gasteiger charge is 2.33. The van der Waals surface area contributed by atoms with E-state index in [-0.39, 0.29) is 28.1 Å². The number of benzene rings is 5. The van der Waals surface area contributed by atoms with Crippen molar-refractivity contribution in [1.82, 2.24) is 9.97 Å². The van der Waals surface area contributed by atoms with E-state index in [4.69, 9.17) is 24.2 Å². The van der Waals surface area contributed by atoms with Crippen molar-refractivity contribution in [1.29, 1.82) is 0 Å². The van der Waals surface area contributed by atoms with Crippen molar-refractivity contribution in [3.63, 3.8) is 0 Å². The van der Waals surface area contributed by atoms with Gasteiger partial charge in [-0.05, 0) is 53.1 Å². The molecule has 2 N–H and O–H groups in total. The lowest BCUT2D eigenvalue weighted by atomic mass is 9.72. The minimum Gasteiger partial charge on any atom is -0.493 e. The molecule has 0 saturated heterocycles. The van der Waals surface area contributed by atoms with E-state index in [0.29, 0.717) is 67.5 Å². The zero-order chi connectivity index (χ0) is 41.3. The lowest BCUT2D eigenvalue weighted by molar-refractivity contribution is 0.104. The Labute approximate surface area is 335 Å². The zero-order valence-corrected chi connectivity index (χ0v) is 35.0. The second-order valence-electron chi connectivity index (χ2n) is 15.7. The summed E-state index contributed by atoms with van der Waals surface area (Å²) in [5, 5.41) is 3.96. The van der Waals surface area contributed by atoms with E-state index in [2.05, 4.69) is 56.8 Å². The van der Waals surface area contributed by atoms with Crippen LogP contribution in [0, 0.1) is 5.41 Å². The molecule has 0 unspecified atom stereocenters. The van der Waals surface area contributed by atoms with Crippen molar-refractivity contribution in [3.8, 4) is 45.6 Å². The Balaban J connectivity index is 0.00000270. The van der Waals surface area contributed by atoms with Gasteiger partial charge in [-0.25, -0.2) is 18.4 Å². The Hall–Kier alpha value is -5.94. The predicted molar refractivity (Wildman–Crippen MR) is 230 cm³/mol. The summed E-state index contributed by atoms with van der Waals surface area (Å²) >= 11 is 0. The molecule has 7 rings (SSSR count). The summed E-state index contributed by atoms with van der Waals surface area (Å²) in [5.74, 6) is 1.59. The van der Waals surface area contributed by atoms with Gasteiger partial charge in [0.15, 0.2) is 28.9 Å². The first-order valence-corrected chi connectivity index (χ1v) is 20.8. The van der Waals surface area contributed by atoms with Gasteiger partial charge >= 0.3 is 0 Å². The summed E-state index contributed by atoms with van der Waals surface area (Å²) in [5.41, 5.74) is 5.42. The number of sulfonamides is 1. The number of ketones is 1. The summed E-state index contributed by atoms with van der Waals surface area (Å²) in [6.07, 6.45) is 2.06. The fourth-order valence-corrected chi connectivity index (χ4v) is 8.15. The molecule has 0 atom stereocenters. The van der Waals surface area contributed by atoms with E-state index in [1.807, 2.05) is 74.5 Å². The number of hydrogen-bond donors (Lipinski definition) is 2. The number of ether oxygens (including phenoxy) is 3. The standard InChI is InChI=1S/C44H44N4O6S.C2H6/c1-43(2,3)25-44(4,5)26-18-20-28(21-19-26)54-36-24-33(45-27-14-10-9-11-15-27)37-38-39(29-16-12-13-17-30(29)41(37)49)46-42(47-40(36)38)31-22-34(52-6)35(53-7)23-32(31)48-55(8,50)51;1-2/h9-24,45,48H,25H2,1-8H3;1-2H3. The first-order chi connectivity index (χ1) is 27.0. The van der Waals surface area contributed by atoms with Crippen LogP contribution in [0.2, 0.25) is 0 Å². The molecule has 0 aliphatic heterocycles. The maximum atomic E-state index is 14.5. The number of methoxy groups -OCH3 is 2. The van der Waals surface area contributed by atoms with Crippen LogP contribution in [0.25, 0.3) is 33.5 Å². The minimum absolute atomic E-state index is 0.0726. The molecule has 0 radical (unpaired) electrons. The Morgan fingerprint density at radius 2 is 1.30 bits per heavy atom. The lowest BCUT2D eigenvalue weighted by Crippen LogP contribution is -2.24. The Kier molecular flexibility index (Phi) is 11.4. The third-order valence-electron chi connectivity index (χ3n) is 9.54. The molecule has 296 valence electrons. The number of nitrogens with one attached hydrogen (secondary N) is 2. The summed E-state index contributed by atoms with van der Waals surface area (Å²) in [7, 11) is -0.788. The second-order valence-corrected chi connectivity index (χ2v) is 17.4. The molecule has 10 nitrogen and oxygen atoms in total. The monoisotopic (exact) mass is 786 g/mol. The van der Waals surface area contributed by atoms with Crippen LogP contribution in [0.4, 0.5) is 17.1 Å². The molecule has 0 amide bonds. The zero-order valence-electron chi connectivity index (χ0n) is 34.2. The van der Waals surface area contributed by atoms with Crippen molar-refractivity contribution >= 4 is 43.8 Å². The van der Waals surface area contributed by atoms with Crippen molar-refractivity contribution in [2.24, 2.45) is 5.41 Å². The molecule has 0 bridgehead atoms. The summed E-state index contributed by atoms with van der Waals surface area (Å²) in [6.45, 7) is 15.2. The van der Waals surface area contributed by atoms with E-state index in [0.717, 1.165) is 18.4 Å². The highest BCUT2D eigenvalue weighted by Crippen LogP contribution is 2.48. The van der Waals surface area contributed by atoms with Crippen LogP contribution >= 0.6 is 0 Å². The molecule has 0 fully saturated rings. The van der Waals surface area contributed by atoms with Gasteiger partial charge in [-0.3, -0.25) is 9.52 Å². The first kappa shape index (κ1) is 40.7. The Morgan fingerprint density at radius 1 is 0.702 bits per heavy atom. The van der Waals surface area contributed by atoms with E-state index < -0.39 is 10.0 Å². The fraction of sp³-hybridized carbons (Fsp3) is 0.283. The number of fused-ring (bicyclic) bond motifs is 2. The molecular formula is C46H50N4O6S. The van der Waals surface area contributed by atoms with Crippen LogP contribution in [0.15, 0.2) is 97.1 Å². The molecule has 6 aromatic rings. The first-order valence-electron chi connectivity index (χ1n) is 18.9.